The Morgan fingerprint density at radius 1 is 1.09 bits per heavy atom. The van der Waals surface area contributed by atoms with E-state index in [1.165, 1.54) is 19.3 Å². The Labute approximate surface area is 193 Å². The molecular formula is C24H29ClN6O. The normalized spacial score (nSPS) is 13.9. The Bertz CT molecular complexity index is 1090. The molecule has 1 saturated heterocycles. The number of aromatic nitrogens is 4. The number of rotatable bonds is 7. The number of aryl methyl sites for hydroxylation is 1. The number of carbonyl (C=O) groups excluding carboxylic acids is 1. The number of nitrogens with zero attached hydrogens (tertiary/aromatic N) is 5. The monoisotopic (exact) mass is 452 g/mol. The van der Waals surface area contributed by atoms with Crippen LogP contribution in [0, 0.1) is 13.8 Å². The molecule has 1 aliphatic rings. The summed E-state index contributed by atoms with van der Waals surface area (Å²) in [7, 11) is 0. The summed E-state index contributed by atoms with van der Waals surface area (Å²) in [4.78, 5) is 23.6. The average Bonchev–Trinajstić information content (AvgIpc) is 3.10. The summed E-state index contributed by atoms with van der Waals surface area (Å²) in [6, 6.07) is 9.52. The zero-order valence-electron chi connectivity index (χ0n) is 18.6. The molecule has 8 heteroatoms. The topological polar surface area (TPSA) is 75.9 Å². The van der Waals surface area contributed by atoms with E-state index in [1.54, 1.807) is 6.33 Å². The van der Waals surface area contributed by atoms with Crippen molar-refractivity contribution in [2.45, 2.75) is 52.5 Å². The summed E-state index contributed by atoms with van der Waals surface area (Å²) in [5.41, 5.74) is 4.00. The van der Waals surface area contributed by atoms with E-state index < -0.39 is 0 Å². The van der Waals surface area contributed by atoms with Gasteiger partial charge < -0.3 is 10.2 Å². The maximum absolute atomic E-state index is 12.4. The van der Waals surface area contributed by atoms with Gasteiger partial charge >= 0.3 is 0 Å². The van der Waals surface area contributed by atoms with E-state index in [2.05, 4.69) is 20.2 Å². The van der Waals surface area contributed by atoms with E-state index >= 15 is 0 Å². The molecule has 1 aliphatic heterocycles. The van der Waals surface area contributed by atoms with Gasteiger partial charge in [0.25, 0.3) is 0 Å². The first kappa shape index (κ1) is 22.3. The van der Waals surface area contributed by atoms with Crippen molar-refractivity contribution in [3.05, 3.63) is 64.2 Å². The summed E-state index contributed by atoms with van der Waals surface area (Å²) in [5.74, 6) is 1.72. The third-order valence-corrected chi connectivity index (χ3v) is 6.19. The molecule has 7 nitrogen and oxygen atoms in total. The SMILES string of the molecule is Cc1nn(-c2cc(N3CCCCC3)ncn2)c(C)c1CCC(=O)NCc1cccc(Cl)c1. The molecule has 0 spiro atoms. The highest BCUT2D eigenvalue weighted by atomic mass is 35.5. The third-order valence-electron chi connectivity index (χ3n) is 5.96. The second-order valence-electron chi connectivity index (χ2n) is 8.25. The summed E-state index contributed by atoms with van der Waals surface area (Å²) >= 11 is 6.01. The minimum Gasteiger partial charge on any atom is -0.356 e. The molecule has 0 bridgehead atoms. The van der Waals surface area contributed by atoms with Crippen LogP contribution in [0.2, 0.25) is 5.02 Å². The van der Waals surface area contributed by atoms with Crippen molar-refractivity contribution < 1.29 is 4.79 Å². The van der Waals surface area contributed by atoms with Gasteiger partial charge in [0.15, 0.2) is 5.82 Å². The standard InChI is InChI=1S/C24H29ClN6O/c1-17-21(9-10-24(32)26-15-19-7-6-8-20(25)13-19)18(2)31(29-17)23-14-22(27-16-28-23)30-11-4-3-5-12-30/h6-8,13-14,16H,3-5,9-12,15H2,1-2H3,(H,26,32). The number of anilines is 1. The molecule has 0 saturated carbocycles. The van der Waals surface area contributed by atoms with Crippen molar-refractivity contribution in [3.63, 3.8) is 0 Å². The third kappa shape index (κ3) is 5.27. The molecular weight excluding hydrogens is 424 g/mol. The van der Waals surface area contributed by atoms with Crippen molar-refractivity contribution in [1.29, 1.82) is 0 Å². The number of hydrogen-bond acceptors (Lipinski definition) is 5. The number of nitrogens with one attached hydrogen (secondary N) is 1. The highest BCUT2D eigenvalue weighted by molar-refractivity contribution is 6.30. The predicted octanol–water partition coefficient (Wildman–Crippen LogP) is 4.17. The molecule has 4 rings (SSSR count). The summed E-state index contributed by atoms with van der Waals surface area (Å²) in [6.07, 6.45) is 6.31. The second kappa shape index (κ2) is 10.1. The fourth-order valence-corrected chi connectivity index (χ4v) is 4.40. The van der Waals surface area contributed by atoms with Gasteiger partial charge in [0.1, 0.15) is 12.1 Å². The van der Waals surface area contributed by atoms with E-state index in [-0.39, 0.29) is 5.91 Å². The largest absolute Gasteiger partial charge is 0.356 e. The van der Waals surface area contributed by atoms with Crippen LogP contribution in [-0.4, -0.2) is 38.7 Å². The maximum atomic E-state index is 12.4. The molecule has 0 atom stereocenters. The van der Waals surface area contributed by atoms with Crippen LogP contribution in [0.3, 0.4) is 0 Å². The molecule has 168 valence electrons. The smallest absolute Gasteiger partial charge is 0.220 e. The van der Waals surface area contributed by atoms with Gasteiger partial charge in [0.05, 0.1) is 5.69 Å². The van der Waals surface area contributed by atoms with Crippen molar-refractivity contribution >= 4 is 23.3 Å². The van der Waals surface area contributed by atoms with Gasteiger partial charge in [-0.1, -0.05) is 23.7 Å². The molecule has 1 fully saturated rings. The van der Waals surface area contributed by atoms with E-state index in [0.29, 0.717) is 24.4 Å². The van der Waals surface area contributed by atoms with Crippen LogP contribution in [0.5, 0.6) is 0 Å². The number of halogens is 1. The number of amides is 1. The van der Waals surface area contributed by atoms with E-state index in [4.69, 9.17) is 16.7 Å². The number of carbonyl (C=O) groups is 1. The first-order valence-electron chi connectivity index (χ1n) is 11.1. The maximum Gasteiger partial charge on any atom is 0.220 e. The molecule has 1 aromatic carbocycles. The van der Waals surface area contributed by atoms with Crippen molar-refractivity contribution in [2.24, 2.45) is 0 Å². The van der Waals surface area contributed by atoms with Crippen LogP contribution in [0.25, 0.3) is 5.82 Å². The first-order chi connectivity index (χ1) is 15.5. The molecule has 1 amide bonds. The Balaban J connectivity index is 1.41. The van der Waals surface area contributed by atoms with E-state index in [0.717, 1.165) is 47.2 Å². The summed E-state index contributed by atoms with van der Waals surface area (Å²) < 4.78 is 1.86. The Morgan fingerprint density at radius 3 is 2.66 bits per heavy atom. The van der Waals surface area contributed by atoms with Gasteiger partial charge in [-0.2, -0.15) is 5.10 Å². The van der Waals surface area contributed by atoms with Crippen LogP contribution in [0.15, 0.2) is 36.7 Å². The first-order valence-corrected chi connectivity index (χ1v) is 11.5. The predicted molar refractivity (Wildman–Crippen MR) is 126 cm³/mol. The van der Waals surface area contributed by atoms with Crippen LogP contribution < -0.4 is 10.2 Å². The fraction of sp³-hybridized carbons (Fsp3) is 0.417. The quantitative estimate of drug-likeness (QED) is 0.582. The summed E-state index contributed by atoms with van der Waals surface area (Å²) in [6.45, 7) is 6.54. The second-order valence-corrected chi connectivity index (χ2v) is 8.69. The van der Waals surface area contributed by atoms with Gasteiger partial charge in [-0.05, 0) is 62.8 Å². The lowest BCUT2D eigenvalue weighted by molar-refractivity contribution is -0.121. The van der Waals surface area contributed by atoms with Crippen LogP contribution in [0.1, 0.15) is 48.2 Å². The van der Waals surface area contributed by atoms with E-state index in [1.807, 2.05) is 48.9 Å². The van der Waals surface area contributed by atoms with Gasteiger partial charge in [0.2, 0.25) is 5.91 Å². The van der Waals surface area contributed by atoms with Crippen LogP contribution in [-0.2, 0) is 17.8 Å². The lowest BCUT2D eigenvalue weighted by atomic mass is 10.1. The van der Waals surface area contributed by atoms with E-state index in [9.17, 15) is 4.79 Å². The zero-order valence-corrected chi connectivity index (χ0v) is 19.4. The van der Waals surface area contributed by atoms with Crippen molar-refractivity contribution in [3.8, 4) is 5.82 Å². The Morgan fingerprint density at radius 2 is 1.88 bits per heavy atom. The van der Waals surface area contributed by atoms with Gasteiger partial charge in [-0.3, -0.25) is 4.79 Å². The van der Waals surface area contributed by atoms with Crippen molar-refractivity contribution in [2.75, 3.05) is 18.0 Å². The highest BCUT2D eigenvalue weighted by Crippen LogP contribution is 2.22. The molecule has 1 N–H and O–H groups in total. The average molecular weight is 453 g/mol. The lowest BCUT2D eigenvalue weighted by Crippen LogP contribution is -2.30. The van der Waals surface area contributed by atoms with Gasteiger partial charge in [0, 0.05) is 42.8 Å². The minimum absolute atomic E-state index is 0.00551. The van der Waals surface area contributed by atoms with Gasteiger partial charge in [-0.25, -0.2) is 14.6 Å². The highest BCUT2D eigenvalue weighted by Gasteiger charge is 2.17. The van der Waals surface area contributed by atoms with Crippen LogP contribution >= 0.6 is 11.6 Å². The molecule has 3 aromatic rings. The molecule has 0 aliphatic carbocycles. The fourth-order valence-electron chi connectivity index (χ4n) is 4.18. The zero-order chi connectivity index (χ0) is 22.5. The Hall–Kier alpha value is -2.93. The molecule has 3 heterocycles. The number of piperidine rings is 1. The molecule has 0 radical (unpaired) electrons. The molecule has 0 unspecified atom stereocenters. The Kier molecular flexibility index (Phi) is 7.05. The minimum atomic E-state index is 0.00551. The van der Waals surface area contributed by atoms with Gasteiger partial charge in [-0.15, -0.1) is 0 Å². The number of benzene rings is 1. The molecule has 32 heavy (non-hydrogen) atoms. The molecule has 2 aromatic heterocycles. The summed E-state index contributed by atoms with van der Waals surface area (Å²) in [5, 5.41) is 8.35. The lowest BCUT2D eigenvalue weighted by Gasteiger charge is -2.27. The van der Waals surface area contributed by atoms with Crippen molar-refractivity contribution in [1.82, 2.24) is 25.1 Å². The van der Waals surface area contributed by atoms with Crippen LogP contribution in [0.4, 0.5) is 5.82 Å². The number of hydrogen-bond donors (Lipinski definition) is 1.